The summed E-state index contributed by atoms with van der Waals surface area (Å²) >= 11 is 0. The van der Waals surface area contributed by atoms with E-state index in [1.165, 1.54) is 0 Å². The van der Waals surface area contributed by atoms with Crippen molar-refractivity contribution in [1.82, 2.24) is 15.1 Å². The molecule has 0 saturated carbocycles. The zero-order chi connectivity index (χ0) is 18.4. The Balaban J connectivity index is 1.39. The van der Waals surface area contributed by atoms with Crippen LogP contribution in [-0.4, -0.2) is 55.0 Å². The van der Waals surface area contributed by atoms with Crippen molar-refractivity contribution >= 4 is 11.9 Å². The van der Waals surface area contributed by atoms with Crippen molar-refractivity contribution in [2.75, 3.05) is 33.3 Å². The summed E-state index contributed by atoms with van der Waals surface area (Å²) < 4.78 is 5.20. The molecule has 2 aliphatic rings. The van der Waals surface area contributed by atoms with E-state index >= 15 is 0 Å². The van der Waals surface area contributed by atoms with E-state index in [0.717, 1.165) is 63.2 Å². The van der Waals surface area contributed by atoms with Crippen LogP contribution < -0.4 is 10.1 Å². The minimum absolute atomic E-state index is 0.0304. The summed E-state index contributed by atoms with van der Waals surface area (Å²) in [5, 5.41) is 2.98. The lowest BCUT2D eigenvalue weighted by molar-refractivity contribution is -0.131. The molecule has 2 aliphatic heterocycles. The number of nitrogens with one attached hydrogen (secondary N) is 1. The van der Waals surface area contributed by atoms with Gasteiger partial charge in [0.2, 0.25) is 5.91 Å². The van der Waals surface area contributed by atoms with Crippen LogP contribution in [0, 0.1) is 5.92 Å². The van der Waals surface area contributed by atoms with Gasteiger partial charge in [0, 0.05) is 39.1 Å². The maximum atomic E-state index is 12.4. The van der Waals surface area contributed by atoms with Crippen LogP contribution in [0.15, 0.2) is 24.3 Å². The predicted octanol–water partition coefficient (Wildman–Crippen LogP) is 2.63. The van der Waals surface area contributed by atoms with Gasteiger partial charge in [-0.15, -0.1) is 0 Å². The smallest absolute Gasteiger partial charge is 0.317 e. The highest BCUT2D eigenvalue weighted by atomic mass is 16.5. The number of amides is 3. The first-order chi connectivity index (χ1) is 12.7. The molecular formula is C20H29N3O3. The lowest BCUT2D eigenvalue weighted by Gasteiger charge is -2.32. The maximum absolute atomic E-state index is 12.4. The molecule has 6 nitrogen and oxygen atoms in total. The van der Waals surface area contributed by atoms with Gasteiger partial charge >= 0.3 is 6.03 Å². The molecular weight excluding hydrogens is 330 g/mol. The number of nitrogens with zero attached hydrogens (tertiary/aromatic N) is 2. The molecule has 0 aromatic heterocycles. The number of hydrogen-bond donors (Lipinski definition) is 1. The van der Waals surface area contributed by atoms with Crippen LogP contribution in [0.4, 0.5) is 4.79 Å². The molecule has 0 spiro atoms. The van der Waals surface area contributed by atoms with Gasteiger partial charge in [-0.05, 0) is 49.3 Å². The van der Waals surface area contributed by atoms with Gasteiger partial charge < -0.3 is 19.9 Å². The van der Waals surface area contributed by atoms with E-state index in [1.54, 1.807) is 7.11 Å². The van der Waals surface area contributed by atoms with E-state index in [2.05, 4.69) is 5.32 Å². The summed E-state index contributed by atoms with van der Waals surface area (Å²) in [6.45, 7) is 3.78. The molecule has 2 fully saturated rings. The van der Waals surface area contributed by atoms with Crippen LogP contribution in [-0.2, 0) is 11.3 Å². The number of carbonyl (C=O) groups is 2. The Labute approximate surface area is 155 Å². The van der Waals surface area contributed by atoms with Crippen LogP contribution in [0.2, 0.25) is 0 Å². The van der Waals surface area contributed by atoms with E-state index in [4.69, 9.17) is 4.74 Å². The van der Waals surface area contributed by atoms with Crippen molar-refractivity contribution in [2.24, 2.45) is 5.92 Å². The van der Waals surface area contributed by atoms with Crippen LogP contribution in [0.25, 0.3) is 0 Å². The maximum Gasteiger partial charge on any atom is 0.317 e. The largest absolute Gasteiger partial charge is 0.497 e. The number of urea groups is 1. The van der Waals surface area contributed by atoms with Gasteiger partial charge in [0.05, 0.1) is 7.11 Å². The Morgan fingerprint density at radius 3 is 2.54 bits per heavy atom. The van der Waals surface area contributed by atoms with E-state index in [9.17, 15) is 9.59 Å². The molecule has 0 aliphatic carbocycles. The molecule has 142 valence electrons. The first kappa shape index (κ1) is 18.5. The molecule has 1 N–H and O–H groups in total. The van der Waals surface area contributed by atoms with Gasteiger partial charge in [0.15, 0.2) is 0 Å². The third-order valence-electron chi connectivity index (χ3n) is 5.40. The molecule has 1 aromatic carbocycles. The van der Waals surface area contributed by atoms with Crippen LogP contribution >= 0.6 is 0 Å². The van der Waals surface area contributed by atoms with Crippen molar-refractivity contribution in [3.8, 4) is 5.75 Å². The Bertz CT molecular complexity index is 620. The quantitative estimate of drug-likeness (QED) is 0.879. The number of methoxy groups -OCH3 is 1. The minimum Gasteiger partial charge on any atom is -0.497 e. The monoisotopic (exact) mass is 359 g/mol. The second kappa shape index (κ2) is 8.92. The fraction of sp³-hybridized carbons (Fsp3) is 0.600. The Kier molecular flexibility index (Phi) is 6.36. The van der Waals surface area contributed by atoms with Crippen LogP contribution in [0.1, 0.15) is 37.7 Å². The number of hydrogen-bond acceptors (Lipinski definition) is 3. The topological polar surface area (TPSA) is 61.9 Å². The SMILES string of the molecule is COc1cccc(CNC(=O)N2CCC(CC(=O)N3CCCC3)CC2)c1. The van der Waals surface area contributed by atoms with Gasteiger partial charge in [-0.3, -0.25) is 4.79 Å². The Morgan fingerprint density at radius 2 is 1.85 bits per heavy atom. The highest BCUT2D eigenvalue weighted by Crippen LogP contribution is 2.23. The third-order valence-corrected chi connectivity index (χ3v) is 5.40. The molecule has 1 aromatic rings. The van der Waals surface area contributed by atoms with Crippen molar-refractivity contribution < 1.29 is 14.3 Å². The fourth-order valence-corrected chi connectivity index (χ4v) is 3.75. The normalized spacial score (nSPS) is 18.0. The summed E-state index contributed by atoms with van der Waals surface area (Å²) in [6.07, 6.45) is 4.73. The standard InChI is InChI=1S/C20H29N3O3/c1-26-18-6-4-5-17(13-18)15-21-20(25)23-11-7-16(8-12-23)14-19(24)22-9-2-3-10-22/h4-6,13,16H,2-3,7-12,14-15H2,1H3,(H,21,25). The van der Waals surface area contributed by atoms with Gasteiger partial charge in [-0.25, -0.2) is 4.79 Å². The molecule has 0 atom stereocenters. The fourth-order valence-electron chi connectivity index (χ4n) is 3.75. The lowest BCUT2D eigenvalue weighted by atomic mass is 9.93. The second-order valence-corrected chi connectivity index (χ2v) is 7.23. The zero-order valence-corrected chi connectivity index (χ0v) is 15.6. The highest BCUT2D eigenvalue weighted by molar-refractivity contribution is 5.77. The van der Waals surface area contributed by atoms with Gasteiger partial charge in [0.1, 0.15) is 5.75 Å². The minimum atomic E-state index is -0.0304. The van der Waals surface area contributed by atoms with Gasteiger partial charge in [-0.2, -0.15) is 0 Å². The highest BCUT2D eigenvalue weighted by Gasteiger charge is 2.26. The van der Waals surface area contributed by atoms with Crippen molar-refractivity contribution in [3.63, 3.8) is 0 Å². The van der Waals surface area contributed by atoms with Gasteiger partial charge in [0.25, 0.3) is 0 Å². The molecule has 2 heterocycles. The predicted molar refractivity (Wildman–Crippen MR) is 100.0 cm³/mol. The number of carbonyl (C=O) groups excluding carboxylic acids is 2. The van der Waals surface area contributed by atoms with E-state index in [0.29, 0.717) is 24.8 Å². The molecule has 0 radical (unpaired) electrons. The molecule has 26 heavy (non-hydrogen) atoms. The van der Waals surface area contributed by atoms with Crippen LogP contribution in [0.3, 0.4) is 0 Å². The Hall–Kier alpha value is -2.24. The van der Waals surface area contributed by atoms with Crippen molar-refractivity contribution in [2.45, 2.75) is 38.6 Å². The van der Waals surface area contributed by atoms with E-state index in [-0.39, 0.29) is 6.03 Å². The summed E-state index contributed by atoms with van der Waals surface area (Å²) in [6, 6.07) is 7.68. The molecule has 3 amide bonds. The summed E-state index contributed by atoms with van der Waals surface area (Å²) in [4.78, 5) is 28.5. The van der Waals surface area contributed by atoms with Crippen molar-refractivity contribution in [1.29, 1.82) is 0 Å². The van der Waals surface area contributed by atoms with E-state index < -0.39 is 0 Å². The molecule has 0 unspecified atom stereocenters. The zero-order valence-electron chi connectivity index (χ0n) is 15.6. The summed E-state index contributed by atoms with van der Waals surface area (Å²) in [7, 11) is 1.64. The van der Waals surface area contributed by atoms with Crippen LogP contribution in [0.5, 0.6) is 5.75 Å². The Morgan fingerprint density at radius 1 is 1.12 bits per heavy atom. The molecule has 3 rings (SSSR count). The molecule has 2 saturated heterocycles. The first-order valence-electron chi connectivity index (χ1n) is 9.59. The number of rotatable bonds is 5. The van der Waals surface area contributed by atoms with Gasteiger partial charge in [-0.1, -0.05) is 12.1 Å². The average molecular weight is 359 g/mol. The number of ether oxygens (including phenoxy) is 1. The third kappa shape index (κ3) is 4.90. The summed E-state index contributed by atoms with van der Waals surface area (Å²) in [5.41, 5.74) is 1.02. The lowest BCUT2D eigenvalue weighted by Crippen LogP contribution is -2.44. The second-order valence-electron chi connectivity index (χ2n) is 7.23. The number of piperidine rings is 1. The molecule has 0 bridgehead atoms. The number of likely N-dealkylation sites (tertiary alicyclic amines) is 2. The molecule has 6 heteroatoms. The van der Waals surface area contributed by atoms with E-state index in [1.807, 2.05) is 34.1 Å². The van der Waals surface area contributed by atoms with Crippen molar-refractivity contribution in [3.05, 3.63) is 29.8 Å². The summed E-state index contributed by atoms with van der Waals surface area (Å²) in [5.74, 6) is 1.49. The first-order valence-corrected chi connectivity index (χ1v) is 9.59. The average Bonchev–Trinajstić information content (AvgIpc) is 3.22. The number of benzene rings is 1.